The fourth-order valence-corrected chi connectivity index (χ4v) is 3.16. The van der Waals surface area contributed by atoms with Crippen molar-refractivity contribution in [2.75, 3.05) is 30.8 Å². The second kappa shape index (κ2) is 8.16. The molecule has 0 saturated heterocycles. The zero-order valence-electron chi connectivity index (χ0n) is 12.4. The van der Waals surface area contributed by atoms with E-state index in [0.29, 0.717) is 11.6 Å². The van der Waals surface area contributed by atoms with Crippen molar-refractivity contribution < 1.29 is 23.0 Å². The Bertz CT molecular complexity index is 516. The van der Waals surface area contributed by atoms with E-state index < -0.39 is 10.0 Å². The largest absolute Gasteiger partial charge is 0.475 e. The molecular formula is C13H22N2O5S. The summed E-state index contributed by atoms with van der Waals surface area (Å²) in [7, 11) is -2.02. The monoisotopic (exact) mass is 318 g/mol. The van der Waals surface area contributed by atoms with E-state index in [9.17, 15) is 8.42 Å². The maximum Gasteiger partial charge on any atom is 0.235 e. The minimum absolute atomic E-state index is 0.0963. The summed E-state index contributed by atoms with van der Waals surface area (Å²) >= 11 is 0. The average molecular weight is 318 g/mol. The Morgan fingerprint density at radius 1 is 1.38 bits per heavy atom. The summed E-state index contributed by atoms with van der Waals surface area (Å²) in [6.07, 6.45) is 0.990. The Morgan fingerprint density at radius 2 is 2.10 bits per heavy atom. The van der Waals surface area contributed by atoms with Gasteiger partial charge in [0, 0.05) is 13.2 Å². The van der Waals surface area contributed by atoms with Crippen molar-refractivity contribution in [2.24, 2.45) is 5.92 Å². The Balaban J connectivity index is 2.66. The molecule has 0 bridgehead atoms. The lowest BCUT2D eigenvalue weighted by molar-refractivity contribution is 0.0829. The highest BCUT2D eigenvalue weighted by molar-refractivity contribution is 7.92. The van der Waals surface area contributed by atoms with Crippen molar-refractivity contribution >= 4 is 15.7 Å². The number of pyridine rings is 1. The van der Waals surface area contributed by atoms with Crippen LogP contribution in [0.25, 0.3) is 0 Å². The van der Waals surface area contributed by atoms with Gasteiger partial charge in [-0.3, -0.25) is 4.72 Å². The topological polar surface area (TPSA) is 97.8 Å². The first-order chi connectivity index (χ1) is 9.88. The summed E-state index contributed by atoms with van der Waals surface area (Å²) in [5, 5.41) is 8.63. The van der Waals surface area contributed by atoms with E-state index >= 15 is 0 Å². The molecule has 1 atom stereocenters. The lowest BCUT2D eigenvalue weighted by atomic mass is 10.1. The Hall–Kier alpha value is -1.38. The first-order valence-corrected chi connectivity index (χ1v) is 8.26. The van der Waals surface area contributed by atoms with Gasteiger partial charge in [-0.05, 0) is 12.0 Å². The van der Waals surface area contributed by atoms with Crippen LogP contribution >= 0.6 is 0 Å². The van der Waals surface area contributed by atoms with Crippen LogP contribution in [0.5, 0.6) is 5.88 Å². The highest BCUT2D eigenvalue weighted by Gasteiger charge is 2.21. The molecule has 8 heteroatoms. The Kier molecular flexibility index (Phi) is 6.86. The molecule has 1 rings (SSSR count). The summed E-state index contributed by atoms with van der Waals surface area (Å²) in [5.41, 5.74) is 0.352. The van der Waals surface area contributed by atoms with Crippen molar-refractivity contribution in [3.63, 3.8) is 0 Å². The molecule has 0 spiro atoms. The van der Waals surface area contributed by atoms with E-state index in [1.165, 1.54) is 19.4 Å². The molecule has 1 unspecified atom stereocenters. The number of nitrogens with one attached hydrogen (secondary N) is 1. The zero-order chi connectivity index (χ0) is 15.9. The van der Waals surface area contributed by atoms with E-state index in [1.807, 2.05) is 13.8 Å². The predicted octanol–water partition coefficient (Wildman–Crippen LogP) is 0.865. The molecule has 7 nitrogen and oxygen atoms in total. The summed E-state index contributed by atoms with van der Waals surface area (Å²) in [4.78, 5) is 3.94. The molecule has 0 radical (unpaired) electrons. The van der Waals surface area contributed by atoms with Crippen LogP contribution in [-0.2, 0) is 14.8 Å². The summed E-state index contributed by atoms with van der Waals surface area (Å²) < 4.78 is 36.8. The number of aliphatic hydroxyl groups excluding tert-OH is 1. The van der Waals surface area contributed by atoms with E-state index in [4.69, 9.17) is 14.6 Å². The lowest BCUT2D eigenvalue weighted by Crippen LogP contribution is -2.31. The van der Waals surface area contributed by atoms with Gasteiger partial charge in [0.25, 0.3) is 0 Å². The number of methoxy groups -OCH3 is 1. The maximum absolute atomic E-state index is 12.0. The summed E-state index contributed by atoms with van der Waals surface area (Å²) in [6, 6.07) is 3.08. The molecule has 21 heavy (non-hydrogen) atoms. The van der Waals surface area contributed by atoms with Crippen LogP contribution in [0, 0.1) is 5.92 Å². The standard InChI is InChI=1S/C13H22N2O5S/c1-10(2)12(19-3)9-21(17,18)15-11-4-5-13(14-8-11)20-7-6-16/h4-5,8,10,12,15-16H,6-7,9H2,1-3H3. The summed E-state index contributed by atoms with van der Waals surface area (Å²) in [5.74, 6) is 0.298. The lowest BCUT2D eigenvalue weighted by Gasteiger charge is -2.19. The quantitative estimate of drug-likeness (QED) is 0.701. The molecule has 0 aliphatic heterocycles. The van der Waals surface area contributed by atoms with E-state index in [2.05, 4.69) is 9.71 Å². The molecule has 0 saturated carbocycles. The van der Waals surface area contributed by atoms with Gasteiger partial charge in [0.05, 0.1) is 30.3 Å². The van der Waals surface area contributed by atoms with Gasteiger partial charge in [0.2, 0.25) is 15.9 Å². The second-order valence-corrected chi connectivity index (χ2v) is 6.63. The van der Waals surface area contributed by atoms with Crippen LogP contribution in [0.4, 0.5) is 5.69 Å². The minimum Gasteiger partial charge on any atom is -0.475 e. The van der Waals surface area contributed by atoms with Crippen LogP contribution in [0.1, 0.15) is 13.8 Å². The van der Waals surface area contributed by atoms with E-state index in [1.54, 1.807) is 6.07 Å². The first-order valence-electron chi connectivity index (χ1n) is 6.61. The fourth-order valence-electron chi connectivity index (χ4n) is 1.65. The van der Waals surface area contributed by atoms with Crippen LogP contribution in [0.15, 0.2) is 18.3 Å². The number of nitrogens with zero attached hydrogens (tertiary/aromatic N) is 1. The first kappa shape index (κ1) is 17.7. The minimum atomic E-state index is -3.52. The molecular weight excluding hydrogens is 296 g/mol. The number of hydrogen-bond acceptors (Lipinski definition) is 6. The Morgan fingerprint density at radius 3 is 2.57 bits per heavy atom. The van der Waals surface area contributed by atoms with E-state index in [-0.39, 0.29) is 31.0 Å². The number of aliphatic hydroxyl groups is 1. The molecule has 1 heterocycles. The van der Waals surface area contributed by atoms with Crippen molar-refractivity contribution in [1.29, 1.82) is 0 Å². The van der Waals surface area contributed by atoms with Crippen LogP contribution < -0.4 is 9.46 Å². The third-order valence-electron chi connectivity index (χ3n) is 2.78. The number of hydrogen-bond donors (Lipinski definition) is 2. The molecule has 0 aliphatic rings. The van der Waals surface area contributed by atoms with Crippen molar-refractivity contribution in [2.45, 2.75) is 20.0 Å². The Labute approximate surface area is 125 Å². The highest BCUT2D eigenvalue weighted by atomic mass is 32.2. The molecule has 1 aromatic heterocycles. The number of anilines is 1. The zero-order valence-corrected chi connectivity index (χ0v) is 13.3. The predicted molar refractivity (Wildman–Crippen MR) is 79.9 cm³/mol. The van der Waals surface area contributed by atoms with Gasteiger partial charge in [-0.1, -0.05) is 13.8 Å². The number of rotatable bonds is 9. The van der Waals surface area contributed by atoms with Crippen LogP contribution in [-0.4, -0.2) is 50.7 Å². The molecule has 1 aromatic rings. The van der Waals surface area contributed by atoms with Gasteiger partial charge in [-0.15, -0.1) is 0 Å². The molecule has 120 valence electrons. The molecule has 0 amide bonds. The number of sulfonamides is 1. The second-order valence-electron chi connectivity index (χ2n) is 4.86. The third kappa shape index (κ3) is 6.28. The van der Waals surface area contributed by atoms with Crippen molar-refractivity contribution in [1.82, 2.24) is 4.98 Å². The smallest absolute Gasteiger partial charge is 0.235 e. The third-order valence-corrected chi connectivity index (χ3v) is 4.10. The van der Waals surface area contributed by atoms with Gasteiger partial charge >= 0.3 is 0 Å². The van der Waals surface area contributed by atoms with Gasteiger partial charge in [0.15, 0.2) is 0 Å². The fraction of sp³-hybridized carbons (Fsp3) is 0.615. The van der Waals surface area contributed by atoms with Gasteiger partial charge < -0.3 is 14.6 Å². The normalized spacial score (nSPS) is 13.2. The summed E-state index contributed by atoms with van der Waals surface area (Å²) in [6.45, 7) is 3.84. The van der Waals surface area contributed by atoms with Gasteiger partial charge in [-0.2, -0.15) is 0 Å². The number of aromatic nitrogens is 1. The van der Waals surface area contributed by atoms with Crippen molar-refractivity contribution in [3.05, 3.63) is 18.3 Å². The molecule has 2 N–H and O–H groups in total. The maximum atomic E-state index is 12.0. The average Bonchev–Trinajstić information content (AvgIpc) is 2.43. The molecule has 0 aromatic carbocycles. The molecule has 0 fully saturated rings. The van der Waals surface area contributed by atoms with Crippen molar-refractivity contribution in [3.8, 4) is 5.88 Å². The van der Waals surface area contributed by atoms with Crippen LogP contribution in [0.3, 0.4) is 0 Å². The van der Waals surface area contributed by atoms with Gasteiger partial charge in [0.1, 0.15) is 6.61 Å². The van der Waals surface area contributed by atoms with Gasteiger partial charge in [-0.25, -0.2) is 13.4 Å². The van der Waals surface area contributed by atoms with E-state index in [0.717, 1.165) is 0 Å². The highest BCUT2D eigenvalue weighted by Crippen LogP contribution is 2.15. The molecule has 0 aliphatic carbocycles. The number of ether oxygens (including phenoxy) is 2. The van der Waals surface area contributed by atoms with Crippen LogP contribution in [0.2, 0.25) is 0 Å². The SMILES string of the molecule is COC(CS(=O)(=O)Nc1ccc(OCCO)nc1)C(C)C.